The topological polar surface area (TPSA) is 50.5 Å². The van der Waals surface area contributed by atoms with Gasteiger partial charge in [0.2, 0.25) is 0 Å². The summed E-state index contributed by atoms with van der Waals surface area (Å²) in [5, 5.41) is 0. The SMILES string of the molecule is CC(C)N(C[C@@H]1C[C@@H]2C=C[C@H]1C2)C(=O)c1nccn2ccnc12. The molecule has 0 saturated heterocycles. The summed E-state index contributed by atoms with van der Waals surface area (Å²) < 4.78 is 1.85. The minimum Gasteiger partial charge on any atom is -0.334 e. The average molecular weight is 310 g/mol. The Hall–Kier alpha value is -2.17. The molecule has 0 N–H and O–H groups in total. The maximum atomic E-state index is 13.1. The smallest absolute Gasteiger partial charge is 0.276 e. The number of carbonyl (C=O) groups is 1. The van der Waals surface area contributed by atoms with E-state index in [0.717, 1.165) is 12.5 Å². The number of hydrogen-bond acceptors (Lipinski definition) is 3. The quantitative estimate of drug-likeness (QED) is 0.816. The van der Waals surface area contributed by atoms with Crippen molar-refractivity contribution in [2.75, 3.05) is 6.54 Å². The molecule has 2 aromatic rings. The molecule has 23 heavy (non-hydrogen) atoms. The fourth-order valence-corrected chi connectivity index (χ4v) is 4.03. The summed E-state index contributed by atoms with van der Waals surface area (Å²) in [5.41, 5.74) is 1.08. The van der Waals surface area contributed by atoms with Gasteiger partial charge >= 0.3 is 0 Å². The van der Waals surface area contributed by atoms with Gasteiger partial charge in [0.05, 0.1) is 0 Å². The summed E-state index contributed by atoms with van der Waals surface area (Å²) in [6.45, 7) is 4.96. The van der Waals surface area contributed by atoms with Crippen LogP contribution >= 0.6 is 0 Å². The van der Waals surface area contributed by atoms with Gasteiger partial charge in [-0.05, 0) is 44.4 Å². The third-order valence-corrected chi connectivity index (χ3v) is 5.25. The van der Waals surface area contributed by atoms with Crippen LogP contribution in [0, 0.1) is 17.8 Å². The fraction of sp³-hybridized carbons (Fsp3) is 0.500. The van der Waals surface area contributed by atoms with E-state index in [0.29, 0.717) is 23.2 Å². The van der Waals surface area contributed by atoms with Crippen LogP contribution in [0.15, 0.2) is 36.9 Å². The lowest BCUT2D eigenvalue weighted by Gasteiger charge is -2.31. The number of carbonyl (C=O) groups excluding carboxylic acids is 1. The molecule has 2 aliphatic carbocycles. The van der Waals surface area contributed by atoms with Gasteiger partial charge in [0.15, 0.2) is 11.3 Å². The van der Waals surface area contributed by atoms with Gasteiger partial charge in [0.1, 0.15) is 0 Å². The van der Waals surface area contributed by atoms with Gasteiger partial charge in [-0.2, -0.15) is 0 Å². The largest absolute Gasteiger partial charge is 0.334 e. The second kappa shape index (κ2) is 5.48. The third kappa shape index (κ3) is 2.44. The molecule has 0 radical (unpaired) electrons. The van der Waals surface area contributed by atoms with E-state index in [9.17, 15) is 4.79 Å². The number of hydrogen-bond donors (Lipinski definition) is 0. The second-order valence-corrected chi connectivity index (χ2v) is 7.03. The first-order valence-electron chi connectivity index (χ1n) is 8.40. The zero-order valence-corrected chi connectivity index (χ0v) is 13.6. The molecule has 2 heterocycles. The molecule has 5 nitrogen and oxygen atoms in total. The number of allylic oxidation sites excluding steroid dienone is 2. The van der Waals surface area contributed by atoms with Crippen molar-refractivity contribution >= 4 is 11.6 Å². The van der Waals surface area contributed by atoms with Crippen molar-refractivity contribution in [2.24, 2.45) is 17.8 Å². The maximum absolute atomic E-state index is 13.1. The van der Waals surface area contributed by atoms with Gasteiger partial charge in [0.25, 0.3) is 5.91 Å². The minimum atomic E-state index is -0.0106. The molecule has 0 unspecified atom stereocenters. The molecule has 5 heteroatoms. The Morgan fingerprint density at radius 3 is 2.70 bits per heavy atom. The predicted octanol–water partition coefficient (Wildman–Crippen LogP) is 2.79. The van der Waals surface area contributed by atoms with Crippen LogP contribution in [-0.2, 0) is 0 Å². The highest BCUT2D eigenvalue weighted by Gasteiger charge is 2.38. The van der Waals surface area contributed by atoms with Crippen molar-refractivity contribution in [3.05, 3.63) is 42.6 Å². The van der Waals surface area contributed by atoms with Gasteiger partial charge in [-0.3, -0.25) is 4.79 Å². The Kier molecular flexibility index (Phi) is 3.43. The monoisotopic (exact) mass is 310 g/mol. The molecule has 2 bridgehead atoms. The Balaban J connectivity index is 1.61. The van der Waals surface area contributed by atoms with Crippen LogP contribution in [0.2, 0.25) is 0 Å². The molecule has 120 valence electrons. The molecular formula is C18H22N4O. The highest BCUT2D eigenvalue weighted by molar-refractivity contribution is 5.97. The standard InChI is InChI=1S/C18H22N4O/c1-12(2)22(11-15-10-13-3-4-14(15)9-13)18(23)16-17-20-6-8-21(17)7-5-19-16/h3-8,12-15H,9-11H2,1-2H3/t13-,14+,15+/m1/s1. The molecule has 3 atom stereocenters. The summed E-state index contributed by atoms with van der Waals surface area (Å²) in [7, 11) is 0. The zero-order valence-electron chi connectivity index (χ0n) is 13.6. The summed E-state index contributed by atoms with van der Waals surface area (Å²) >= 11 is 0. The van der Waals surface area contributed by atoms with Crippen molar-refractivity contribution in [3.8, 4) is 0 Å². The molecule has 0 aromatic carbocycles. The van der Waals surface area contributed by atoms with E-state index in [4.69, 9.17) is 0 Å². The molecule has 0 aliphatic heterocycles. The van der Waals surface area contributed by atoms with Crippen LogP contribution in [0.25, 0.3) is 5.65 Å². The molecule has 1 saturated carbocycles. The Morgan fingerprint density at radius 1 is 1.26 bits per heavy atom. The lowest BCUT2D eigenvalue weighted by Crippen LogP contribution is -2.41. The molecule has 2 aliphatic rings. The molecular weight excluding hydrogens is 288 g/mol. The first kappa shape index (κ1) is 14.4. The van der Waals surface area contributed by atoms with Crippen molar-refractivity contribution in [1.29, 1.82) is 0 Å². The number of nitrogens with zero attached hydrogens (tertiary/aromatic N) is 4. The van der Waals surface area contributed by atoms with Gasteiger partial charge in [-0.1, -0.05) is 12.2 Å². The number of amides is 1. The molecule has 1 fully saturated rings. The summed E-state index contributed by atoms with van der Waals surface area (Å²) in [6.07, 6.45) is 14.2. The molecule has 1 amide bonds. The summed E-state index contributed by atoms with van der Waals surface area (Å²) in [6, 6.07) is 0.155. The van der Waals surface area contributed by atoms with Crippen molar-refractivity contribution in [3.63, 3.8) is 0 Å². The Morgan fingerprint density at radius 2 is 2.04 bits per heavy atom. The summed E-state index contributed by atoms with van der Waals surface area (Å²) in [4.78, 5) is 23.7. The minimum absolute atomic E-state index is 0.0106. The first-order valence-corrected chi connectivity index (χ1v) is 8.40. The van der Waals surface area contributed by atoms with Crippen LogP contribution in [0.1, 0.15) is 37.2 Å². The first-order chi connectivity index (χ1) is 11.1. The van der Waals surface area contributed by atoms with Gasteiger partial charge in [-0.25, -0.2) is 9.97 Å². The number of imidazole rings is 1. The van der Waals surface area contributed by atoms with Crippen molar-refractivity contribution in [2.45, 2.75) is 32.7 Å². The van der Waals surface area contributed by atoms with E-state index < -0.39 is 0 Å². The lowest BCUT2D eigenvalue weighted by molar-refractivity contribution is 0.0656. The molecule has 4 rings (SSSR count). The molecule has 2 aromatic heterocycles. The van der Waals surface area contributed by atoms with Gasteiger partial charge in [0, 0.05) is 37.4 Å². The Labute approximate surface area is 136 Å². The van der Waals surface area contributed by atoms with Gasteiger partial charge < -0.3 is 9.30 Å². The maximum Gasteiger partial charge on any atom is 0.276 e. The lowest BCUT2D eigenvalue weighted by atomic mass is 9.92. The van der Waals surface area contributed by atoms with E-state index in [1.165, 1.54) is 12.8 Å². The fourth-order valence-electron chi connectivity index (χ4n) is 4.03. The number of aromatic nitrogens is 3. The van der Waals surface area contributed by atoms with E-state index in [2.05, 4.69) is 36.0 Å². The van der Waals surface area contributed by atoms with E-state index in [-0.39, 0.29) is 11.9 Å². The van der Waals surface area contributed by atoms with E-state index in [1.54, 1.807) is 12.4 Å². The van der Waals surface area contributed by atoms with Crippen LogP contribution in [0.5, 0.6) is 0 Å². The highest BCUT2D eigenvalue weighted by atomic mass is 16.2. The summed E-state index contributed by atoms with van der Waals surface area (Å²) in [5.74, 6) is 1.94. The van der Waals surface area contributed by atoms with Crippen LogP contribution in [-0.4, -0.2) is 37.8 Å². The van der Waals surface area contributed by atoms with Crippen LogP contribution < -0.4 is 0 Å². The van der Waals surface area contributed by atoms with Crippen LogP contribution in [0.3, 0.4) is 0 Å². The highest BCUT2D eigenvalue weighted by Crippen LogP contribution is 2.43. The van der Waals surface area contributed by atoms with Crippen LogP contribution in [0.4, 0.5) is 0 Å². The van der Waals surface area contributed by atoms with E-state index in [1.807, 2.05) is 21.7 Å². The van der Waals surface area contributed by atoms with Gasteiger partial charge in [-0.15, -0.1) is 0 Å². The number of rotatable bonds is 4. The van der Waals surface area contributed by atoms with Crippen molar-refractivity contribution < 1.29 is 4.79 Å². The van der Waals surface area contributed by atoms with Crippen molar-refractivity contribution in [1.82, 2.24) is 19.3 Å². The predicted molar refractivity (Wildman–Crippen MR) is 88.0 cm³/mol. The second-order valence-electron chi connectivity index (χ2n) is 7.03. The zero-order chi connectivity index (χ0) is 16.0. The Bertz CT molecular complexity index is 763. The molecule has 0 spiro atoms. The third-order valence-electron chi connectivity index (χ3n) is 5.25. The van der Waals surface area contributed by atoms with E-state index >= 15 is 0 Å². The normalized spacial score (nSPS) is 25.6. The average Bonchev–Trinajstić information content (AvgIpc) is 3.26. The number of fused-ring (bicyclic) bond motifs is 3.